The predicted octanol–water partition coefficient (Wildman–Crippen LogP) is 2.64. The number of aromatic nitrogens is 2. The van der Waals surface area contributed by atoms with Gasteiger partial charge in [0, 0.05) is 29.8 Å². The Balaban J connectivity index is 1.58. The molecule has 0 spiro atoms. The summed E-state index contributed by atoms with van der Waals surface area (Å²) in [5.74, 6) is -0.429. The number of esters is 1. The number of nitrogen functional groups attached to an aromatic ring is 1. The summed E-state index contributed by atoms with van der Waals surface area (Å²) in [5, 5.41) is 13.3. The molecule has 0 atom stereocenters. The van der Waals surface area contributed by atoms with Gasteiger partial charge in [-0.05, 0) is 30.2 Å². The van der Waals surface area contributed by atoms with E-state index in [4.69, 9.17) is 16.1 Å². The topological polar surface area (TPSA) is 152 Å². The Labute approximate surface area is 225 Å². The maximum Gasteiger partial charge on any atom is 0.307 e. The number of nitrogens with two attached hydrogens (primary N) is 1. The normalized spacial score (nSPS) is 10.7. The number of fused-ring (bicyclic) bond motifs is 1. The number of carbonyl (C=O) groups is 3. The zero-order chi connectivity index (χ0) is 27.8. The second kappa shape index (κ2) is 12.5. The molecule has 5 N–H and O–H groups in total. The largest absolute Gasteiger partial charge is 0.469 e. The standard InChI is InChI=1S/C29H30N6O4/c1-39-26(37)14-16-33-29(38)22-11-12-24-23(17-22)34-28(21-9-7-20(8-10-21)27(30)31)35(24)18-25(36)32-15-13-19-5-3-2-4-6-19/h2-12,17H,13-16,18H2,1H3,(H3,30,31)(H,32,36)(H,33,38). The minimum atomic E-state index is -0.410. The highest BCUT2D eigenvalue weighted by atomic mass is 16.5. The van der Waals surface area contributed by atoms with Crippen LogP contribution in [0, 0.1) is 5.41 Å². The molecule has 0 aliphatic rings. The molecule has 4 aromatic rings. The smallest absolute Gasteiger partial charge is 0.307 e. The summed E-state index contributed by atoms with van der Waals surface area (Å²) in [6.07, 6.45) is 0.782. The van der Waals surface area contributed by atoms with Crippen molar-refractivity contribution in [3.63, 3.8) is 0 Å². The number of nitrogens with zero attached hydrogens (tertiary/aromatic N) is 2. The summed E-state index contributed by atoms with van der Waals surface area (Å²) in [7, 11) is 1.29. The minimum Gasteiger partial charge on any atom is -0.469 e. The molecule has 4 rings (SSSR count). The lowest BCUT2D eigenvalue weighted by molar-refractivity contribution is -0.140. The summed E-state index contributed by atoms with van der Waals surface area (Å²) < 4.78 is 6.40. The maximum atomic E-state index is 12.9. The van der Waals surface area contributed by atoms with Gasteiger partial charge in [0.05, 0.1) is 24.6 Å². The Hall–Kier alpha value is -4.99. The molecular formula is C29H30N6O4. The van der Waals surface area contributed by atoms with E-state index in [0.717, 1.165) is 11.1 Å². The van der Waals surface area contributed by atoms with Crippen LogP contribution >= 0.6 is 0 Å². The molecule has 2 amide bonds. The van der Waals surface area contributed by atoms with Crippen molar-refractivity contribution < 1.29 is 19.1 Å². The molecule has 0 aliphatic carbocycles. The number of imidazole rings is 1. The molecular weight excluding hydrogens is 496 g/mol. The van der Waals surface area contributed by atoms with Crippen LogP contribution < -0.4 is 16.4 Å². The van der Waals surface area contributed by atoms with Gasteiger partial charge in [-0.1, -0.05) is 54.6 Å². The first-order chi connectivity index (χ1) is 18.9. The average molecular weight is 527 g/mol. The van der Waals surface area contributed by atoms with Gasteiger partial charge in [0.1, 0.15) is 18.2 Å². The Morgan fingerprint density at radius 1 is 0.949 bits per heavy atom. The first-order valence-electron chi connectivity index (χ1n) is 12.5. The Kier molecular flexibility index (Phi) is 8.67. The fraction of sp³-hybridized carbons (Fsp3) is 0.207. The Morgan fingerprint density at radius 2 is 1.67 bits per heavy atom. The summed E-state index contributed by atoms with van der Waals surface area (Å²) in [6, 6.07) is 22.0. The van der Waals surface area contributed by atoms with Crippen molar-refractivity contribution in [1.82, 2.24) is 20.2 Å². The van der Waals surface area contributed by atoms with Crippen LogP contribution in [0.5, 0.6) is 0 Å². The van der Waals surface area contributed by atoms with Gasteiger partial charge in [0.2, 0.25) is 5.91 Å². The van der Waals surface area contributed by atoms with Crippen molar-refractivity contribution in [3.05, 3.63) is 89.5 Å². The van der Waals surface area contributed by atoms with Crippen molar-refractivity contribution in [1.29, 1.82) is 5.41 Å². The average Bonchev–Trinajstić information content (AvgIpc) is 3.30. The predicted molar refractivity (Wildman–Crippen MR) is 148 cm³/mol. The molecule has 0 aliphatic heterocycles. The first kappa shape index (κ1) is 27.1. The third kappa shape index (κ3) is 6.86. The molecule has 39 heavy (non-hydrogen) atoms. The number of amidine groups is 1. The van der Waals surface area contributed by atoms with Crippen molar-refractivity contribution >= 4 is 34.7 Å². The van der Waals surface area contributed by atoms with Crippen LogP contribution in [0.25, 0.3) is 22.4 Å². The molecule has 1 heterocycles. The van der Waals surface area contributed by atoms with Gasteiger partial charge in [-0.15, -0.1) is 0 Å². The minimum absolute atomic E-state index is 0.0275. The van der Waals surface area contributed by atoms with Crippen LogP contribution in [-0.4, -0.2) is 53.4 Å². The van der Waals surface area contributed by atoms with E-state index < -0.39 is 5.97 Å². The lowest BCUT2D eigenvalue weighted by Gasteiger charge is -2.11. The number of hydrogen-bond acceptors (Lipinski definition) is 6. The molecule has 0 radical (unpaired) electrons. The monoisotopic (exact) mass is 526 g/mol. The van der Waals surface area contributed by atoms with Gasteiger partial charge in [-0.2, -0.15) is 0 Å². The van der Waals surface area contributed by atoms with E-state index in [9.17, 15) is 14.4 Å². The molecule has 3 aromatic carbocycles. The third-order valence-corrected chi connectivity index (χ3v) is 6.19. The van der Waals surface area contributed by atoms with Crippen molar-refractivity contribution in [2.24, 2.45) is 5.73 Å². The molecule has 0 unspecified atom stereocenters. The van der Waals surface area contributed by atoms with Crippen molar-refractivity contribution in [3.8, 4) is 11.4 Å². The van der Waals surface area contributed by atoms with Crippen LogP contribution in [0.3, 0.4) is 0 Å². The number of benzene rings is 3. The van der Waals surface area contributed by atoms with E-state index in [1.54, 1.807) is 47.0 Å². The molecule has 0 bridgehead atoms. The fourth-order valence-electron chi connectivity index (χ4n) is 4.12. The zero-order valence-electron chi connectivity index (χ0n) is 21.6. The number of amides is 2. The van der Waals surface area contributed by atoms with Crippen LogP contribution in [-0.2, 0) is 27.3 Å². The van der Waals surface area contributed by atoms with E-state index in [0.29, 0.717) is 41.0 Å². The molecule has 0 saturated carbocycles. The SMILES string of the molecule is COC(=O)CCNC(=O)c1ccc2c(c1)nc(-c1ccc(C(=N)N)cc1)n2CC(=O)NCCc1ccccc1. The molecule has 10 heteroatoms. The highest BCUT2D eigenvalue weighted by molar-refractivity contribution is 5.98. The third-order valence-electron chi connectivity index (χ3n) is 6.19. The van der Waals surface area contributed by atoms with Crippen LogP contribution in [0.15, 0.2) is 72.8 Å². The number of nitrogens with one attached hydrogen (secondary N) is 3. The van der Waals surface area contributed by atoms with Gasteiger partial charge < -0.3 is 25.7 Å². The van der Waals surface area contributed by atoms with Crippen molar-refractivity contribution in [2.45, 2.75) is 19.4 Å². The lowest BCUT2D eigenvalue weighted by Crippen LogP contribution is -2.29. The summed E-state index contributed by atoms with van der Waals surface area (Å²) in [4.78, 5) is 41.7. The number of methoxy groups -OCH3 is 1. The van der Waals surface area contributed by atoms with E-state index in [1.807, 2.05) is 30.3 Å². The second-order valence-corrected chi connectivity index (χ2v) is 8.88. The number of carbonyl (C=O) groups excluding carboxylic acids is 3. The second-order valence-electron chi connectivity index (χ2n) is 8.88. The van der Waals surface area contributed by atoms with E-state index in [-0.39, 0.29) is 37.2 Å². The van der Waals surface area contributed by atoms with Gasteiger partial charge in [0.25, 0.3) is 5.91 Å². The summed E-state index contributed by atoms with van der Waals surface area (Å²) >= 11 is 0. The molecule has 10 nitrogen and oxygen atoms in total. The van der Waals surface area contributed by atoms with Crippen LogP contribution in [0.4, 0.5) is 0 Å². The van der Waals surface area contributed by atoms with E-state index >= 15 is 0 Å². The van der Waals surface area contributed by atoms with E-state index in [1.165, 1.54) is 7.11 Å². The maximum absolute atomic E-state index is 12.9. The van der Waals surface area contributed by atoms with Gasteiger partial charge >= 0.3 is 5.97 Å². The van der Waals surface area contributed by atoms with E-state index in [2.05, 4.69) is 15.4 Å². The van der Waals surface area contributed by atoms with Gasteiger partial charge in [0.15, 0.2) is 0 Å². The number of rotatable bonds is 11. The lowest BCUT2D eigenvalue weighted by atomic mass is 10.1. The fourth-order valence-corrected chi connectivity index (χ4v) is 4.12. The summed E-state index contributed by atoms with van der Waals surface area (Å²) in [6.45, 7) is 0.669. The van der Waals surface area contributed by atoms with Gasteiger partial charge in [-0.3, -0.25) is 19.8 Å². The zero-order valence-corrected chi connectivity index (χ0v) is 21.6. The quantitative estimate of drug-likeness (QED) is 0.134. The number of ether oxygens (including phenoxy) is 1. The first-order valence-corrected chi connectivity index (χ1v) is 12.5. The van der Waals surface area contributed by atoms with Crippen LogP contribution in [0.1, 0.15) is 27.9 Å². The summed E-state index contributed by atoms with van der Waals surface area (Å²) in [5.41, 5.74) is 9.64. The molecule has 200 valence electrons. The molecule has 0 saturated heterocycles. The van der Waals surface area contributed by atoms with Gasteiger partial charge in [-0.25, -0.2) is 4.98 Å². The van der Waals surface area contributed by atoms with Crippen LogP contribution in [0.2, 0.25) is 0 Å². The highest BCUT2D eigenvalue weighted by Gasteiger charge is 2.17. The number of hydrogen-bond donors (Lipinski definition) is 4. The van der Waals surface area contributed by atoms with Crippen molar-refractivity contribution in [2.75, 3.05) is 20.2 Å². The highest BCUT2D eigenvalue weighted by Crippen LogP contribution is 2.26. The Bertz CT molecular complexity index is 1500. The molecule has 0 fully saturated rings. The Morgan fingerprint density at radius 3 is 2.36 bits per heavy atom. The molecule has 1 aromatic heterocycles.